The zero-order valence-corrected chi connectivity index (χ0v) is 20.8. The van der Waals surface area contributed by atoms with E-state index in [1.807, 2.05) is 6.20 Å². The number of esters is 1. The summed E-state index contributed by atoms with van der Waals surface area (Å²) in [5.41, 5.74) is 4.96. The van der Waals surface area contributed by atoms with E-state index in [9.17, 15) is 4.79 Å². The minimum Gasteiger partial charge on any atom is -0.462 e. The molecule has 0 spiro atoms. The Kier molecular flexibility index (Phi) is 5.71. The smallest absolute Gasteiger partial charge is 0.309 e. The van der Waals surface area contributed by atoms with Crippen molar-refractivity contribution in [3.63, 3.8) is 0 Å². The third-order valence-corrected chi connectivity index (χ3v) is 10.4. The second-order valence-electron chi connectivity index (χ2n) is 12.0. The van der Waals surface area contributed by atoms with Crippen LogP contribution in [0.1, 0.15) is 77.2 Å². The second-order valence-corrected chi connectivity index (χ2v) is 12.0. The highest BCUT2D eigenvalue weighted by Gasteiger charge is 2.57. The van der Waals surface area contributed by atoms with Crippen LogP contribution >= 0.6 is 0 Å². The molecule has 1 saturated heterocycles. The van der Waals surface area contributed by atoms with Crippen molar-refractivity contribution < 1.29 is 14.3 Å². The summed E-state index contributed by atoms with van der Waals surface area (Å²) >= 11 is 0. The summed E-state index contributed by atoms with van der Waals surface area (Å²) in [5, 5.41) is 0. The van der Waals surface area contributed by atoms with E-state index in [4.69, 9.17) is 9.47 Å². The third-order valence-electron chi connectivity index (χ3n) is 10.4. The van der Waals surface area contributed by atoms with Crippen LogP contribution in [-0.2, 0) is 14.3 Å². The third kappa shape index (κ3) is 3.59. The van der Waals surface area contributed by atoms with Crippen molar-refractivity contribution in [1.29, 1.82) is 0 Å². The summed E-state index contributed by atoms with van der Waals surface area (Å²) in [7, 11) is 0. The molecule has 0 aromatic carbocycles. The van der Waals surface area contributed by atoms with Crippen LogP contribution in [0.5, 0.6) is 0 Å². The van der Waals surface area contributed by atoms with E-state index >= 15 is 0 Å². The molecular formula is C30H39NO3. The molecule has 0 N–H and O–H groups in total. The largest absolute Gasteiger partial charge is 0.462 e. The van der Waals surface area contributed by atoms with Crippen molar-refractivity contribution >= 4 is 11.5 Å². The molecule has 5 aliphatic rings. The number of carbonyl (C=O) groups is 1. The molecule has 34 heavy (non-hydrogen) atoms. The molecule has 2 saturated carbocycles. The summed E-state index contributed by atoms with van der Waals surface area (Å²) < 4.78 is 11.5. The normalized spacial score (nSPS) is 39.8. The number of allylic oxidation sites excluding steroid dienone is 3. The molecule has 6 rings (SSSR count). The molecule has 0 amide bonds. The fourth-order valence-electron chi connectivity index (χ4n) is 8.46. The van der Waals surface area contributed by atoms with Crippen LogP contribution in [-0.4, -0.2) is 30.3 Å². The standard InChI is InChI=1S/C30H39NO3/c1-29-13-9-23(34-28(32)20-11-16-33-17-12-20)18-22(29)5-6-24-26-8-7-25(21-4-3-15-31-19-21)30(26,2)14-10-27(24)29/h3-5,7,15,19-20,23-24,26-27H,6,8-14,16-18H2,1-2H3/t23-,24-,26?,27?,29-,30+/m0/s1. The van der Waals surface area contributed by atoms with Gasteiger partial charge in [-0.05, 0) is 97.2 Å². The number of nitrogens with zero attached hydrogens (tertiary/aromatic N) is 1. The van der Waals surface area contributed by atoms with Crippen LogP contribution in [0.25, 0.3) is 5.57 Å². The SMILES string of the molecule is C[C@]12CC[C@H](OC(=O)C3CCOCC3)CC1=CC[C@@H]1C2CC[C@]2(C)C(c3cccnc3)=CCC12. The fourth-order valence-corrected chi connectivity index (χ4v) is 8.46. The summed E-state index contributed by atoms with van der Waals surface area (Å²) in [6.07, 6.45) is 18.7. The number of carbonyl (C=O) groups excluding carboxylic acids is 1. The zero-order valence-electron chi connectivity index (χ0n) is 20.8. The number of hydrogen-bond donors (Lipinski definition) is 0. The molecule has 1 aliphatic heterocycles. The van der Waals surface area contributed by atoms with Gasteiger partial charge in [-0.1, -0.05) is 37.6 Å². The lowest BCUT2D eigenvalue weighted by Gasteiger charge is -2.58. The van der Waals surface area contributed by atoms with Crippen molar-refractivity contribution in [2.75, 3.05) is 13.2 Å². The van der Waals surface area contributed by atoms with Gasteiger partial charge in [0.1, 0.15) is 6.10 Å². The quantitative estimate of drug-likeness (QED) is 0.387. The van der Waals surface area contributed by atoms with Crippen LogP contribution in [0.2, 0.25) is 0 Å². The monoisotopic (exact) mass is 461 g/mol. The highest BCUT2D eigenvalue weighted by Crippen LogP contribution is 2.66. The first-order valence-corrected chi connectivity index (χ1v) is 13.6. The van der Waals surface area contributed by atoms with Crippen LogP contribution < -0.4 is 0 Å². The van der Waals surface area contributed by atoms with E-state index in [2.05, 4.69) is 49.3 Å². The lowest BCUT2D eigenvalue weighted by molar-refractivity contribution is -0.159. The van der Waals surface area contributed by atoms with Crippen molar-refractivity contribution in [3.05, 3.63) is 47.8 Å². The van der Waals surface area contributed by atoms with Crippen molar-refractivity contribution in [2.24, 2.45) is 34.5 Å². The average Bonchev–Trinajstić information content (AvgIpc) is 3.22. The molecule has 4 nitrogen and oxygen atoms in total. The maximum Gasteiger partial charge on any atom is 0.309 e. The van der Waals surface area contributed by atoms with Crippen LogP contribution in [0.3, 0.4) is 0 Å². The highest BCUT2D eigenvalue weighted by atomic mass is 16.5. The Morgan fingerprint density at radius 2 is 1.85 bits per heavy atom. The van der Waals surface area contributed by atoms with E-state index in [0.717, 1.165) is 49.9 Å². The summed E-state index contributed by atoms with van der Waals surface area (Å²) in [6, 6.07) is 4.31. The van der Waals surface area contributed by atoms with Gasteiger partial charge in [0.15, 0.2) is 0 Å². The Labute approximate surface area is 204 Å². The van der Waals surface area contributed by atoms with Gasteiger partial charge in [-0.25, -0.2) is 0 Å². The van der Waals surface area contributed by atoms with Crippen molar-refractivity contribution in [3.8, 4) is 0 Å². The summed E-state index contributed by atoms with van der Waals surface area (Å²) in [4.78, 5) is 17.1. The van der Waals surface area contributed by atoms with E-state index in [-0.39, 0.29) is 28.8 Å². The van der Waals surface area contributed by atoms with E-state index < -0.39 is 0 Å². The molecule has 4 aliphatic carbocycles. The predicted molar refractivity (Wildman–Crippen MR) is 133 cm³/mol. The number of aromatic nitrogens is 1. The number of pyridine rings is 1. The van der Waals surface area contributed by atoms with Gasteiger partial charge in [0, 0.05) is 32.0 Å². The van der Waals surface area contributed by atoms with Gasteiger partial charge in [-0.2, -0.15) is 0 Å². The average molecular weight is 462 g/mol. The Morgan fingerprint density at radius 1 is 1.03 bits per heavy atom. The summed E-state index contributed by atoms with van der Waals surface area (Å²) in [5.74, 6) is 2.27. The number of rotatable bonds is 3. The minimum absolute atomic E-state index is 0.0135. The second kappa shape index (κ2) is 8.62. The maximum absolute atomic E-state index is 12.7. The maximum atomic E-state index is 12.7. The molecule has 1 aromatic rings. The molecule has 182 valence electrons. The molecule has 2 unspecified atom stereocenters. The first-order chi connectivity index (χ1) is 16.5. The molecule has 0 radical (unpaired) electrons. The lowest BCUT2D eigenvalue weighted by Crippen LogP contribution is -2.50. The Morgan fingerprint density at radius 3 is 2.65 bits per heavy atom. The summed E-state index contributed by atoms with van der Waals surface area (Å²) in [6.45, 7) is 6.43. The van der Waals surface area contributed by atoms with E-state index in [0.29, 0.717) is 13.2 Å². The molecule has 3 fully saturated rings. The van der Waals surface area contributed by atoms with Gasteiger partial charge in [0.25, 0.3) is 0 Å². The van der Waals surface area contributed by atoms with Crippen LogP contribution in [0.15, 0.2) is 42.3 Å². The highest BCUT2D eigenvalue weighted by molar-refractivity contribution is 5.73. The Balaban J connectivity index is 1.17. The lowest BCUT2D eigenvalue weighted by atomic mass is 9.47. The number of fused-ring (bicyclic) bond motifs is 5. The molecule has 4 heteroatoms. The van der Waals surface area contributed by atoms with E-state index in [1.54, 1.807) is 5.57 Å². The number of ether oxygens (including phenoxy) is 2. The van der Waals surface area contributed by atoms with Gasteiger partial charge in [0.05, 0.1) is 5.92 Å². The van der Waals surface area contributed by atoms with Crippen molar-refractivity contribution in [1.82, 2.24) is 4.98 Å². The van der Waals surface area contributed by atoms with Crippen LogP contribution in [0.4, 0.5) is 0 Å². The predicted octanol–water partition coefficient (Wildman–Crippen LogP) is 6.38. The molecule has 2 heterocycles. The zero-order chi connectivity index (χ0) is 23.3. The Hall–Kier alpha value is -1.94. The van der Waals surface area contributed by atoms with Gasteiger partial charge < -0.3 is 9.47 Å². The Bertz CT molecular complexity index is 994. The first kappa shape index (κ1) is 22.5. The van der Waals surface area contributed by atoms with Gasteiger partial charge in [-0.15, -0.1) is 0 Å². The van der Waals surface area contributed by atoms with E-state index in [1.165, 1.54) is 36.8 Å². The molecule has 0 bridgehead atoms. The topological polar surface area (TPSA) is 48.4 Å². The van der Waals surface area contributed by atoms with Gasteiger partial charge in [0.2, 0.25) is 0 Å². The first-order valence-electron chi connectivity index (χ1n) is 13.6. The molecule has 1 aromatic heterocycles. The van der Waals surface area contributed by atoms with Crippen LogP contribution in [0, 0.1) is 34.5 Å². The number of hydrogen-bond acceptors (Lipinski definition) is 4. The van der Waals surface area contributed by atoms with Gasteiger partial charge in [-0.3, -0.25) is 9.78 Å². The van der Waals surface area contributed by atoms with Gasteiger partial charge >= 0.3 is 5.97 Å². The van der Waals surface area contributed by atoms with Crippen molar-refractivity contribution in [2.45, 2.75) is 77.7 Å². The molecular weight excluding hydrogens is 422 g/mol. The minimum atomic E-state index is 0.0135. The fraction of sp³-hybridized carbons (Fsp3) is 0.667. The molecule has 6 atom stereocenters.